The normalized spacial score (nSPS) is 13.5. The first-order valence-corrected chi connectivity index (χ1v) is 10.7. The number of nitrogens with zero attached hydrogens (tertiary/aromatic N) is 1. The molecule has 0 spiro atoms. The van der Waals surface area contributed by atoms with Gasteiger partial charge in [-0.3, -0.25) is 9.10 Å². The summed E-state index contributed by atoms with van der Waals surface area (Å²) in [5, 5.41) is 2.85. The molecule has 6 nitrogen and oxygen atoms in total. The van der Waals surface area contributed by atoms with E-state index < -0.39 is 27.8 Å². The Bertz CT molecular complexity index is 916. The molecule has 0 radical (unpaired) electrons. The summed E-state index contributed by atoms with van der Waals surface area (Å²) in [5.41, 5.74) is 0.700. The first kappa shape index (κ1) is 21.7. The van der Waals surface area contributed by atoms with Gasteiger partial charge in [0.15, 0.2) is 0 Å². The summed E-state index contributed by atoms with van der Waals surface area (Å²) in [5.74, 6) is -0.535. The number of hydrogen-bond donors (Lipinski definition) is 1. The fraction of sp³-hybridized carbons (Fsp3) is 0.350. The van der Waals surface area contributed by atoms with Crippen LogP contribution in [0.15, 0.2) is 48.5 Å². The van der Waals surface area contributed by atoms with Crippen LogP contribution in [0.1, 0.15) is 31.9 Å². The van der Waals surface area contributed by atoms with Crippen molar-refractivity contribution in [3.05, 3.63) is 59.9 Å². The molecule has 0 aliphatic heterocycles. The number of rotatable bonds is 8. The number of hydrogen-bond acceptors (Lipinski definition) is 4. The number of amides is 1. The smallest absolute Gasteiger partial charge is 0.244 e. The van der Waals surface area contributed by atoms with Crippen LogP contribution in [0, 0.1) is 5.82 Å². The Morgan fingerprint density at radius 1 is 1.18 bits per heavy atom. The average molecular weight is 408 g/mol. The van der Waals surface area contributed by atoms with E-state index in [1.54, 1.807) is 19.2 Å². The third kappa shape index (κ3) is 5.01. The van der Waals surface area contributed by atoms with Crippen molar-refractivity contribution in [3.63, 3.8) is 0 Å². The summed E-state index contributed by atoms with van der Waals surface area (Å²) in [6, 6.07) is 11.3. The number of ether oxygens (including phenoxy) is 1. The van der Waals surface area contributed by atoms with Crippen molar-refractivity contribution in [3.8, 4) is 5.75 Å². The summed E-state index contributed by atoms with van der Waals surface area (Å²) in [6.07, 6.45) is 1.55. The highest BCUT2D eigenvalue weighted by molar-refractivity contribution is 7.92. The molecule has 2 atom stereocenters. The number of nitrogens with one attached hydrogen (secondary N) is 1. The van der Waals surface area contributed by atoms with Crippen molar-refractivity contribution < 1.29 is 22.3 Å². The van der Waals surface area contributed by atoms with Gasteiger partial charge in [0.25, 0.3) is 0 Å². The lowest BCUT2D eigenvalue weighted by atomic mass is 10.0. The van der Waals surface area contributed by atoms with Crippen LogP contribution in [0.5, 0.6) is 5.75 Å². The summed E-state index contributed by atoms with van der Waals surface area (Å²) in [7, 11) is -2.32. The van der Waals surface area contributed by atoms with Crippen LogP contribution >= 0.6 is 0 Å². The molecule has 0 aliphatic rings. The van der Waals surface area contributed by atoms with Gasteiger partial charge in [-0.2, -0.15) is 0 Å². The van der Waals surface area contributed by atoms with Gasteiger partial charge in [0.2, 0.25) is 15.9 Å². The van der Waals surface area contributed by atoms with Crippen molar-refractivity contribution in [2.45, 2.75) is 32.4 Å². The van der Waals surface area contributed by atoms with Gasteiger partial charge in [0.05, 0.1) is 25.1 Å². The van der Waals surface area contributed by atoms with Gasteiger partial charge >= 0.3 is 0 Å². The van der Waals surface area contributed by atoms with Crippen molar-refractivity contribution in [1.82, 2.24) is 5.32 Å². The molecule has 0 bridgehead atoms. The Balaban J connectivity index is 2.27. The number of sulfonamides is 1. The maximum absolute atomic E-state index is 14.2. The Labute approximate surface area is 165 Å². The Morgan fingerprint density at radius 2 is 1.79 bits per heavy atom. The SMILES string of the molecule is CC[C@@H](NC(=O)[C@@H](C)N(c1ccccc1F)S(C)(=O)=O)c1ccc(OC)cc1. The van der Waals surface area contributed by atoms with Crippen molar-refractivity contribution >= 4 is 21.6 Å². The lowest BCUT2D eigenvalue weighted by Crippen LogP contribution is -2.48. The van der Waals surface area contributed by atoms with Crippen LogP contribution in [-0.4, -0.2) is 33.7 Å². The molecule has 0 aliphatic carbocycles. The maximum Gasteiger partial charge on any atom is 0.244 e. The second kappa shape index (κ2) is 9.05. The third-order valence-electron chi connectivity index (χ3n) is 4.42. The van der Waals surface area contributed by atoms with Crippen LogP contribution in [-0.2, 0) is 14.8 Å². The summed E-state index contributed by atoms with van der Waals surface area (Å²) >= 11 is 0. The van der Waals surface area contributed by atoms with Gasteiger partial charge in [-0.1, -0.05) is 31.2 Å². The van der Waals surface area contributed by atoms with E-state index in [0.717, 1.165) is 22.2 Å². The number of para-hydroxylation sites is 1. The molecule has 1 N–H and O–H groups in total. The largest absolute Gasteiger partial charge is 0.497 e. The number of carbonyl (C=O) groups excluding carboxylic acids is 1. The quantitative estimate of drug-likeness (QED) is 0.728. The highest BCUT2D eigenvalue weighted by Crippen LogP contribution is 2.25. The minimum atomic E-state index is -3.88. The van der Waals surface area contributed by atoms with Gasteiger partial charge in [-0.15, -0.1) is 0 Å². The monoisotopic (exact) mass is 408 g/mol. The molecule has 0 aromatic heterocycles. The Kier molecular flexibility index (Phi) is 7.01. The number of halogens is 1. The van der Waals surface area contributed by atoms with E-state index in [1.807, 2.05) is 19.1 Å². The molecule has 0 saturated heterocycles. The van der Waals surface area contributed by atoms with Crippen LogP contribution in [0.25, 0.3) is 0 Å². The summed E-state index contributed by atoms with van der Waals surface area (Å²) in [6.45, 7) is 3.34. The molecule has 0 unspecified atom stereocenters. The predicted octanol–water partition coefficient (Wildman–Crippen LogP) is 3.26. The van der Waals surface area contributed by atoms with E-state index in [0.29, 0.717) is 12.2 Å². The van der Waals surface area contributed by atoms with E-state index in [9.17, 15) is 17.6 Å². The van der Waals surface area contributed by atoms with E-state index in [2.05, 4.69) is 5.32 Å². The van der Waals surface area contributed by atoms with Crippen molar-refractivity contribution in [2.75, 3.05) is 17.7 Å². The lowest BCUT2D eigenvalue weighted by Gasteiger charge is -2.30. The fourth-order valence-corrected chi connectivity index (χ4v) is 4.14. The molecule has 28 heavy (non-hydrogen) atoms. The van der Waals surface area contributed by atoms with E-state index in [-0.39, 0.29) is 11.7 Å². The minimum Gasteiger partial charge on any atom is -0.497 e. The van der Waals surface area contributed by atoms with E-state index >= 15 is 0 Å². The second-order valence-electron chi connectivity index (χ2n) is 6.43. The molecule has 0 saturated carbocycles. The fourth-order valence-electron chi connectivity index (χ4n) is 2.96. The van der Waals surface area contributed by atoms with E-state index in [4.69, 9.17) is 4.74 Å². The van der Waals surface area contributed by atoms with Crippen LogP contribution in [0.4, 0.5) is 10.1 Å². The van der Waals surface area contributed by atoms with Crippen LogP contribution in [0.3, 0.4) is 0 Å². The Hall–Kier alpha value is -2.61. The number of benzene rings is 2. The number of anilines is 1. The molecule has 0 fully saturated rings. The zero-order valence-corrected chi connectivity index (χ0v) is 17.2. The number of carbonyl (C=O) groups is 1. The molecular formula is C20H25FN2O4S. The van der Waals surface area contributed by atoms with Gasteiger partial charge in [0, 0.05) is 0 Å². The van der Waals surface area contributed by atoms with Crippen LogP contribution in [0.2, 0.25) is 0 Å². The molecule has 8 heteroatoms. The lowest BCUT2D eigenvalue weighted by molar-refractivity contribution is -0.122. The van der Waals surface area contributed by atoms with Gasteiger partial charge < -0.3 is 10.1 Å². The topological polar surface area (TPSA) is 75.7 Å². The zero-order valence-electron chi connectivity index (χ0n) is 16.3. The van der Waals surface area contributed by atoms with Gasteiger partial charge in [0.1, 0.15) is 17.6 Å². The first-order chi connectivity index (χ1) is 13.2. The highest BCUT2D eigenvalue weighted by Gasteiger charge is 2.31. The van der Waals surface area contributed by atoms with Gasteiger partial charge in [-0.05, 0) is 43.2 Å². The molecule has 1 amide bonds. The van der Waals surface area contributed by atoms with Crippen molar-refractivity contribution in [1.29, 1.82) is 0 Å². The minimum absolute atomic E-state index is 0.162. The Morgan fingerprint density at radius 3 is 2.29 bits per heavy atom. The second-order valence-corrected chi connectivity index (χ2v) is 8.29. The van der Waals surface area contributed by atoms with Crippen molar-refractivity contribution in [2.24, 2.45) is 0 Å². The summed E-state index contributed by atoms with van der Waals surface area (Å²) < 4.78 is 44.7. The first-order valence-electron chi connectivity index (χ1n) is 8.87. The average Bonchev–Trinajstić information content (AvgIpc) is 2.66. The molecule has 2 aromatic carbocycles. The predicted molar refractivity (Wildman–Crippen MR) is 107 cm³/mol. The molecular weight excluding hydrogens is 383 g/mol. The summed E-state index contributed by atoms with van der Waals surface area (Å²) in [4.78, 5) is 12.8. The molecule has 152 valence electrons. The molecule has 2 aromatic rings. The zero-order chi connectivity index (χ0) is 20.9. The molecule has 2 rings (SSSR count). The molecule has 0 heterocycles. The highest BCUT2D eigenvalue weighted by atomic mass is 32.2. The standard InChI is InChI=1S/C20H25FN2O4S/c1-5-18(15-10-12-16(27-3)13-11-15)22-20(24)14(2)23(28(4,25)26)19-9-7-6-8-17(19)21/h6-14,18H,5H2,1-4H3,(H,22,24)/t14-,18-/m1/s1. The van der Waals surface area contributed by atoms with E-state index in [1.165, 1.54) is 25.1 Å². The van der Waals surface area contributed by atoms with Crippen LogP contribution < -0.4 is 14.4 Å². The van der Waals surface area contributed by atoms with Gasteiger partial charge in [-0.25, -0.2) is 12.8 Å². The number of methoxy groups -OCH3 is 1. The maximum atomic E-state index is 14.2. The third-order valence-corrected chi connectivity index (χ3v) is 5.65.